The van der Waals surface area contributed by atoms with Crippen LogP contribution in [-0.4, -0.2) is 37.7 Å². The molecule has 5 aromatic rings. The first kappa shape index (κ1) is 18.9. The van der Waals surface area contributed by atoms with E-state index in [1.54, 1.807) is 10.8 Å². The summed E-state index contributed by atoms with van der Waals surface area (Å²) in [6, 6.07) is 16.0. The quantitative estimate of drug-likeness (QED) is 0.446. The number of aromatic nitrogens is 5. The number of anilines is 1. The van der Waals surface area contributed by atoms with Crippen molar-refractivity contribution in [1.29, 1.82) is 0 Å². The number of benzene rings is 2. The highest BCUT2D eigenvalue weighted by atomic mass is 16.1. The predicted molar refractivity (Wildman–Crippen MR) is 127 cm³/mol. The molecule has 4 heterocycles. The molecule has 1 saturated heterocycles. The van der Waals surface area contributed by atoms with Crippen LogP contribution in [0.15, 0.2) is 59.7 Å². The highest BCUT2D eigenvalue weighted by molar-refractivity contribution is 5.87. The molecule has 6 rings (SSSR count). The summed E-state index contributed by atoms with van der Waals surface area (Å²) in [6.07, 6.45) is 5.21. The van der Waals surface area contributed by atoms with Crippen LogP contribution in [0.25, 0.3) is 39.1 Å². The number of H-pyrrole nitrogens is 2. The van der Waals surface area contributed by atoms with E-state index in [-0.39, 0.29) is 5.56 Å². The number of hydrogen-bond acceptors (Lipinski definition) is 4. The van der Waals surface area contributed by atoms with Gasteiger partial charge >= 0.3 is 0 Å². The molecule has 0 radical (unpaired) electrons. The maximum Gasteiger partial charge on any atom is 0.280 e. The van der Waals surface area contributed by atoms with Gasteiger partial charge in [0.15, 0.2) is 5.65 Å². The first-order valence-electron chi connectivity index (χ1n) is 11.1. The van der Waals surface area contributed by atoms with Crippen LogP contribution in [0.1, 0.15) is 25.0 Å². The Morgan fingerprint density at radius 1 is 0.969 bits per heavy atom. The van der Waals surface area contributed by atoms with E-state index < -0.39 is 0 Å². The van der Waals surface area contributed by atoms with Crippen LogP contribution in [0.5, 0.6) is 0 Å². The van der Waals surface area contributed by atoms with Crippen molar-refractivity contribution >= 4 is 22.4 Å². The standard InChI is InChI=1S/C25H24N6O/c1-16-21(18-10-11-19-20(14-18)27-15-26-19)25(32)31-24(28-16)23(30-12-6-3-7-13-30)22(29-31)17-8-4-2-5-9-17/h2,4-5,8-11,14-15,29H,3,6-7,12-13H2,1H3,(H,26,27). The zero-order chi connectivity index (χ0) is 21.7. The predicted octanol–water partition coefficient (Wildman–Crippen LogP) is 4.53. The maximum absolute atomic E-state index is 13.8. The zero-order valence-electron chi connectivity index (χ0n) is 17.9. The maximum atomic E-state index is 13.8. The van der Waals surface area contributed by atoms with Gasteiger partial charge in [-0.05, 0) is 43.9 Å². The van der Waals surface area contributed by atoms with Gasteiger partial charge in [-0.25, -0.2) is 9.97 Å². The summed E-state index contributed by atoms with van der Waals surface area (Å²) in [5, 5.41) is 3.40. The van der Waals surface area contributed by atoms with Gasteiger partial charge in [0.1, 0.15) is 5.69 Å². The van der Waals surface area contributed by atoms with Crippen molar-refractivity contribution in [3.8, 4) is 22.4 Å². The molecule has 1 aliphatic rings. The minimum absolute atomic E-state index is 0.0909. The number of imidazole rings is 1. The number of hydrogen-bond donors (Lipinski definition) is 2. The molecule has 2 aromatic carbocycles. The Hall–Kier alpha value is -3.87. The lowest BCUT2D eigenvalue weighted by Crippen LogP contribution is -2.30. The number of piperidine rings is 1. The number of fused-ring (bicyclic) bond motifs is 2. The molecule has 0 atom stereocenters. The lowest BCUT2D eigenvalue weighted by atomic mass is 10.0. The number of nitrogens with zero attached hydrogens (tertiary/aromatic N) is 4. The topological polar surface area (TPSA) is 82.1 Å². The number of rotatable bonds is 3. The van der Waals surface area contributed by atoms with E-state index in [1.165, 1.54) is 6.42 Å². The Morgan fingerprint density at radius 3 is 2.59 bits per heavy atom. The summed E-state index contributed by atoms with van der Waals surface area (Å²) in [5.41, 5.74) is 7.56. The van der Waals surface area contributed by atoms with E-state index >= 15 is 0 Å². The fourth-order valence-corrected chi connectivity index (χ4v) is 4.81. The molecular formula is C25H24N6O. The van der Waals surface area contributed by atoms with Gasteiger partial charge in [-0.15, -0.1) is 0 Å². The van der Waals surface area contributed by atoms with Crippen molar-refractivity contribution < 1.29 is 0 Å². The van der Waals surface area contributed by atoms with E-state index in [0.29, 0.717) is 11.2 Å². The van der Waals surface area contributed by atoms with Crippen LogP contribution in [0, 0.1) is 6.92 Å². The average Bonchev–Trinajstić information content (AvgIpc) is 3.45. The van der Waals surface area contributed by atoms with Gasteiger partial charge in [0.2, 0.25) is 0 Å². The highest BCUT2D eigenvalue weighted by Gasteiger charge is 2.25. The van der Waals surface area contributed by atoms with Gasteiger partial charge in [-0.3, -0.25) is 9.89 Å². The molecule has 1 aliphatic heterocycles. The fourth-order valence-electron chi connectivity index (χ4n) is 4.81. The summed E-state index contributed by atoms with van der Waals surface area (Å²) in [7, 11) is 0. The van der Waals surface area contributed by atoms with Crippen molar-refractivity contribution in [3.05, 3.63) is 70.9 Å². The SMILES string of the molecule is Cc1nc2c(N3CCCCC3)c(-c3ccccc3)[nH]n2c(=O)c1-c1ccc2nc[nH]c2c1. The fraction of sp³-hybridized carbons (Fsp3) is 0.240. The van der Waals surface area contributed by atoms with E-state index in [4.69, 9.17) is 4.98 Å². The van der Waals surface area contributed by atoms with Crippen molar-refractivity contribution in [1.82, 2.24) is 24.6 Å². The Labute approximate surface area is 184 Å². The lowest BCUT2D eigenvalue weighted by Gasteiger charge is -2.28. The van der Waals surface area contributed by atoms with Gasteiger partial charge in [-0.2, -0.15) is 4.52 Å². The Balaban J connectivity index is 1.61. The van der Waals surface area contributed by atoms with Crippen molar-refractivity contribution in [2.45, 2.75) is 26.2 Å². The number of aromatic amines is 2. The molecule has 160 valence electrons. The molecule has 3 aromatic heterocycles. The minimum Gasteiger partial charge on any atom is -0.367 e. The third-order valence-electron chi connectivity index (χ3n) is 6.38. The zero-order valence-corrected chi connectivity index (χ0v) is 17.9. The molecule has 0 aliphatic carbocycles. The molecule has 0 saturated carbocycles. The molecule has 7 heteroatoms. The van der Waals surface area contributed by atoms with Crippen molar-refractivity contribution in [3.63, 3.8) is 0 Å². The largest absolute Gasteiger partial charge is 0.367 e. The van der Waals surface area contributed by atoms with Gasteiger partial charge in [0.25, 0.3) is 5.56 Å². The van der Waals surface area contributed by atoms with Crippen LogP contribution in [0.3, 0.4) is 0 Å². The lowest BCUT2D eigenvalue weighted by molar-refractivity contribution is 0.579. The van der Waals surface area contributed by atoms with Crippen molar-refractivity contribution in [2.75, 3.05) is 18.0 Å². The molecule has 0 unspecified atom stereocenters. The molecule has 0 bridgehead atoms. The van der Waals surface area contributed by atoms with E-state index in [2.05, 4.69) is 32.1 Å². The summed E-state index contributed by atoms with van der Waals surface area (Å²) in [5.74, 6) is 0. The molecule has 2 N–H and O–H groups in total. The van der Waals surface area contributed by atoms with E-state index in [0.717, 1.165) is 65.2 Å². The van der Waals surface area contributed by atoms with Crippen LogP contribution in [0.2, 0.25) is 0 Å². The molecule has 0 amide bonds. The highest BCUT2D eigenvalue weighted by Crippen LogP contribution is 2.35. The Bertz CT molecular complexity index is 1490. The summed E-state index contributed by atoms with van der Waals surface area (Å²) >= 11 is 0. The van der Waals surface area contributed by atoms with Gasteiger partial charge < -0.3 is 9.88 Å². The third kappa shape index (κ3) is 2.92. The number of nitrogens with one attached hydrogen (secondary N) is 2. The molecule has 32 heavy (non-hydrogen) atoms. The minimum atomic E-state index is -0.0909. The third-order valence-corrected chi connectivity index (χ3v) is 6.38. The molecule has 7 nitrogen and oxygen atoms in total. The first-order chi connectivity index (χ1) is 15.7. The van der Waals surface area contributed by atoms with Crippen LogP contribution >= 0.6 is 0 Å². The van der Waals surface area contributed by atoms with Crippen LogP contribution < -0.4 is 10.5 Å². The van der Waals surface area contributed by atoms with Crippen LogP contribution in [-0.2, 0) is 0 Å². The molecule has 1 fully saturated rings. The normalized spacial score (nSPS) is 14.5. The number of aryl methyl sites for hydroxylation is 1. The Kier molecular flexibility index (Phi) is 4.35. The second-order valence-electron chi connectivity index (χ2n) is 8.42. The van der Waals surface area contributed by atoms with E-state index in [1.807, 2.05) is 43.3 Å². The van der Waals surface area contributed by atoms with Gasteiger partial charge in [0.05, 0.1) is 34.3 Å². The van der Waals surface area contributed by atoms with Crippen LogP contribution in [0.4, 0.5) is 5.69 Å². The van der Waals surface area contributed by atoms with E-state index in [9.17, 15) is 4.79 Å². The Morgan fingerprint density at radius 2 is 1.78 bits per heavy atom. The first-order valence-corrected chi connectivity index (χ1v) is 11.1. The summed E-state index contributed by atoms with van der Waals surface area (Å²) in [6.45, 7) is 3.87. The molecule has 0 spiro atoms. The second-order valence-corrected chi connectivity index (χ2v) is 8.42. The average molecular weight is 425 g/mol. The van der Waals surface area contributed by atoms with Crippen molar-refractivity contribution in [2.24, 2.45) is 0 Å². The molecular weight excluding hydrogens is 400 g/mol. The van der Waals surface area contributed by atoms with Gasteiger partial charge in [0, 0.05) is 18.7 Å². The summed E-state index contributed by atoms with van der Waals surface area (Å²) in [4.78, 5) is 28.5. The summed E-state index contributed by atoms with van der Waals surface area (Å²) < 4.78 is 1.62. The smallest absolute Gasteiger partial charge is 0.280 e. The monoisotopic (exact) mass is 424 g/mol. The second kappa shape index (κ2) is 7.37. The van der Waals surface area contributed by atoms with Gasteiger partial charge in [-0.1, -0.05) is 36.4 Å².